The zero-order chi connectivity index (χ0) is 12.4. The van der Waals surface area contributed by atoms with Crippen molar-refractivity contribution in [3.05, 3.63) is 53.6 Å². The van der Waals surface area contributed by atoms with Gasteiger partial charge in [-0.2, -0.15) is 0 Å². The number of aromatic nitrogens is 2. The van der Waals surface area contributed by atoms with Crippen LogP contribution in [0.1, 0.15) is 35.8 Å². The fourth-order valence-electron chi connectivity index (χ4n) is 2.71. The van der Waals surface area contributed by atoms with Crippen molar-refractivity contribution < 1.29 is 0 Å². The van der Waals surface area contributed by atoms with Crippen LogP contribution in [0.25, 0.3) is 0 Å². The number of nitrogens with zero attached hydrogens (tertiary/aromatic N) is 2. The normalized spacial score (nSPS) is 16.3. The highest BCUT2D eigenvalue weighted by molar-refractivity contribution is 5.20. The van der Waals surface area contributed by atoms with Gasteiger partial charge >= 0.3 is 0 Å². The smallest absolute Gasteiger partial charge is 0.0952 e. The van der Waals surface area contributed by atoms with E-state index in [0.717, 1.165) is 19.4 Å². The van der Waals surface area contributed by atoms with E-state index in [4.69, 9.17) is 5.73 Å². The summed E-state index contributed by atoms with van der Waals surface area (Å²) >= 11 is 0. The molecule has 0 aliphatic heterocycles. The third kappa shape index (κ3) is 2.18. The number of fused-ring (bicyclic) bond motifs is 1. The zero-order valence-corrected chi connectivity index (χ0v) is 10.5. The van der Waals surface area contributed by atoms with E-state index in [0.29, 0.717) is 0 Å². The lowest BCUT2D eigenvalue weighted by molar-refractivity contribution is 0.541. The first-order valence-electron chi connectivity index (χ1n) is 6.68. The van der Waals surface area contributed by atoms with Crippen LogP contribution >= 0.6 is 0 Å². The van der Waals surface area contributed by atoms with E-state index in [1.165, 1.54) is 29.8 Å². The monoisotopic (exact) mass is 241 g/mol. The van der Waals surface area contributed by atoms with Crippen molar-refractivity contribution in [3.63, 3.8) is 0 Å². The Labute approximate surface area is 108 Å². The van der Waals surface area contributed by atoms with E-state index in [1.807, 2.05) is 24.5 Å². The van der Waals surface area contributed by atoms with Crippen molar-refractivity contribution >= 4 is 0 Å². The van der Waals surface area contributed by atoms with Gasteiger partial charge in [0, 0.05) is 18.3 Å². The maximum Gasteiger partial charge on any atom is 0.0952 e. The van der Waals surface area contributed by atoms with Gasteiger partial charge in [-0.1, -0.05) is 30.3 Å². The summed E-state index contributed by atoms with van der Waals surface area (Å²) in [5.41, 5.74) is 10.1. The standard InChI is InChI=1S/C15H19N3/c16-13(12-6-2-1-3-7-12)10-18-11-17-14-8-4-5-9-15(14)18/h1-3,6-7,11,13H,4-5,8-10,16H2. The molecule has 3 heteroatoms. The molecule has 3 nitrogen and oxygen atoms in total. The molecule has 1 aliphatic rings. The van der Waals surface area contributed by atoms with Crippen LogP contribution < -0.4 is 5.73 Å². The van der Waals surface area contributed by atoms with Gasteiger partial charge in [-0.05, 0) is 31.2 Å². The highest BCUT2D eigenvalue weighted by Crippen LogP contribution is 2.21. The van der Waals surface area contributed by atoms with Crippen LogP contribution in [-0.2, 0) is 19.4 Å². The molecule has 1 heterocycles. The molecular weight excluding hydrogens is 222 g/mol. The van der Waals surface area contributed by atoms with Crippen molar-refractivity contribution in [2.45, 2.75) is 38.3 Å². The summed E-state index contributed by atoms with van der Waals surface area (Å²) in [6.07, 6.45) is 6.78. The van der Waals surface area contributed by atoms with Gasteiger partial charge in [-0.3, -0.25) is 0 Å². The van der Waals surface area contributed by atoms with Crippen LogP contribution in [0.3, 0.4) is 0 Å². The third-order valence-corrected chi connectivity index (χ3v) is 3.73. The predicted octanol–water partition coefficient (Wildman–Crippen LogP) is 2.46. The Morgan fingerprint density at radius 2 is 1.94 bits per heavy atom. The minimum Gasteiger partial charge on any atom is -0.332 e. The SMILES string of the molecule is NC(Cn1cnc2c1CCCC2)c1ccccc1. The van der Waals surface area contributed by atoms with E-state index in [9.17, 15) is 0 Å². The fraction of sp³-hybridized carbons (Fsp3) is 0.400. The number of hydrogen-bond acceptors (Lipinski definition) is 2. The maximum absolute atomic E-state index is 6.27. The summed E-state index contributed by atoms with van der Waals surface area (Å²) in [7, 11) is 0. The minimum atomic E-state index is 0.0476. The second kappa shape index (κ2) is 4.94. The lowest BCUT2D eigenvalue weighted by Crippen LogP contribution is -2.19. The van der Waals surface area contributed by atoms with Crippen molar-refractivity contribution in [1.82, 2.24) is 9.55 Å². The van der Waals surface area contributed by atoms with Crippen LogP contribution in [0.5, 0.6) is 0 Å². The molecule has 0 bridgehead atoms. The molecular formula is C15H19N3. The summed E-state index contributed by atoms with van der Waals surface area (Å²) in [6.45, 7) is 0.826. The highest BCUT2D eigenvalue weighted by atomic mass is 15.1. The summed E-state index contributed by atoms with van der Waals surface area (Å²) in [5.74, 6) is 0. The molecule has 2 N–H and O–H groups in total. The molecule has 0 spiro atoms. The molecule has 0 fully saturated rings. The first-order valence-corrected chi connectivity index (χ1v) is 6.68. The molecule has 0 saturated heterocycles. The molecule has 94 valence electrons. The van der Waals surface area contributed by atoms with Gasteiger partial charge in [0.15, 0.2) is 0 Å². The lowest BCUT2D eigenvalue weighted by atomic mass is 10.0. The van der Waals surface area contributed by atoms with E-state index in [1.54, 1.807) is 0 Å². The van der Waals surface area contributed by atoms with Gasteiger partial charge in [-0.15, -0.1) is 0 Å². The predicted molar refractivity (Wildman–Crippen MR) is 72.2 cm³/mol. The largest absolute Gasteiger partial charge is 0.332 e. The quantitative estimate of drug-likeness (QED) is 0.897. The Hall–Kier alpha value is -1.61. The second-order valence-electron chi connectivity index (χ2n) is 5.01. The van der Waals surface area contributed by atoms with Gasteiger partial charge < -0.3 is 10.3 Å². The Balaban J connectivity index is 1.79. The third-order valence-electron chi connectivity index (χ3n) is 3.73. The number of aryl methyl sites for hydroxylation is 1. The molecule has 0 amide bonds. The van der Waals surface area contributed by atoms with Crippen molar-refractivity contribution in [2.24, 2.45) is 5.73 Å². The van der Waals surface area contributed by atoms with Crippen molar-refractivity contribution in [1.29, 1.82) is 0 Å². The highest BCUT2D eigenvalue weighted by Gasteiger charge is 2.16. The van der Waals surface area contributed by atoms with E-state index >= 15 is 0 Å². The van der Waals surface area contributed by atoms with Crippen LogP contribution in [-0.4, -0.2) is 9.55 Å². The van der Waals surface area contributed by atoms with Gasteiger partial charge in [0.25, 0.3) is 0 Å². The fourth-order valence-corrected chi connectivity index (χ4v) is 2.71. The first-order chi connectivity index (χ1) is 8.84. The van der Waals surface area contributed by atoms with Crippen LogP contribution in [0, 0.1) is 0 Å². The Kier molecular flexibility index (Phi) is 3.15. The number of hydrogen-bond donors (Lipinski definition) is 1. The molecule has 1 aliphatic carbocycles. The molecule has 0 saturated carbocycles. The Bertz CT molecular complexity index is 516. The van der Waals surface area contributed by atoms with Gasteiger partial charge in [-0.25, -0.2) is 4.98 Å². The average Bonchev–Trinajstić information content (AvgIpc) is 2.83. The Morgan fingerprint density at radius 1 is 1.17 bits per heavy atom. The molecule has 3 rings (SSSR count). The molecule has 2 aromatic rings. The summed E-state index contributed by atoms with van der Waals surface area (Å²) in [4.78, 5) is 4.51. The summed E-state index contributed by atoms with van der Waals surface area (Å²) in [5, 5.41) is 0. The molecule has 1 atom stereocenters. The molecule has 1 unspecified atom stereocenters. The van der Waals surface area contributed by atoms with E-state index in [-0.39, 0.29) is 6.04 Å². The topological polar surface area (TPSA) is 43.8 Å². The lowest BCUT2D eigenvalue weighted by Gasteiger charge is -2.17. The van der Waals surface area contributed by atoms with Gasteiger partial charge in [0.1, 0.15) is 0 Å². The number of benzene rings is 1. The van der Waals surface area contributed by atoms with E-state index < -0.39 is 0 Å². The molecule has 18 heavy (non-hydrogen) atoms. The van der Waals surface area contributed by atoms with Crippen LogP contribution in [0.4, 0.5) is 0 Å². The summed E-state index contributed by atoms with van der Waals surface area (Å²) in [6, 6.07) is 10.3. The summed E-state index contributed by atoms with van der Waals surface area (Å²) < 4.78 is 2.24. The van der Waals surface area contributed by atoms with Gasteiger partial charge in [0.05, 0.1) is 12.0 Å². The molecule has 1 aromatic carbocycles. The van der Waals surface area contributed by atoms with Crippen LogP contribution in [0.2, 0.25) is 0 Å². The number of rotatable bonds is 3. The zero-order valence-electron chi connectivity index (χ0n) is 10.5. The second-order valence-corrected chi connectivity index (χ2v) is 5.01. The van der Waals surface area contributed by atoms with Gasteiger partial charge in [0.2, 0.25) is 0 Å². The molecule has 1 aromatic heterocycles. The van der Waals surface area contributed by atoms with Crippen molar-refractivity contribution in [2.75, 3.05) is 0 Å². The maximum atomic E-state index is 6.27. The number of nitrogens with two attached hydrogens (primary N) is 1. The molecule has 0 radical (unpaired) electrons. The van der Waals surface area contributed by atoms with Crippen LogP contribution in [0.15, 0.2) is 36.7 Å². The minimum absolute atomic E-state index is 0.0476. The Morgan fingerprint density at radius 3 is 2.78 bits per heavy atom. The van der Waals surface area contributed by atoms with E-state index in [2.05, 4.69) is 21.7 Å². The first kappa shape index (κ1) is 11.5. The van der Waals surface area contributed by atoms with Crippen molar-refractivity contribution in [3.8, 4) is 0 Å². The average molecular weight is 241 g/mol. The number of imidazole rings is 1.